The molecule has 5 heteroatoms. The van der Waals surface area contributed by atoms with Crippen molar-refractivity contribution >= 4 is 5.97 Å². The maximum absolute atomic E-state index is 13.8. The number of hydrogen-bond acceptors (Lipinski definition) is 3. The molecule has 0 aliphatic carbocycles. The zero-order chi connectivity index (χ0) is 13.0. The predicted octanol–water partition coefficient (Wildman–Crippen LogP) is 2.93. The molecule has 0 radical (unpaired) electrons. The maximum Gasteiger partial charge on any atom is 0.341 e. The summed E-state index contributed by atoms with van der Waals surface area (Å²) in [5.41, 5.74) is -0.330. The lowest BCUT2D eigenvalue weighted by atomic mass is 10.2. The molecule has 1 rings (SSSR count). The van der Waals surface area contributed by atoms with Gasteiger partial charge in [-0.15, -0.1) is 0 Å². The van der Waals surface area contributed by atoms with Crippen LogP contribution < -0.4 is 4.74 Å². The molecule has 94 valence electrons. The van der Waals surface area contributed by atoms with Gasteiger partial charge < -0.3 is 9.47 Å². The van der Waals surface area contributed by atoms with Crippen molar-refractivity contribution in [1.29, 1.82) is 0 Å². The van der Waals surface area contributed by atoms with E-state index in [4.69, 9.17) is 4.74 Å². The molecule has 0 bridgehead atoms. The molecule has 0 saturated heterocycles. The summed E-state index contributed by atoms with van der Waals surface area (Å²) in [6.45, 7) is 4.99. The number of carbonyl (C=O) groups excluding carboxylic acids is 1. The van der Waals surface area contributed by atoms with Gasteiger partial charge >= 0.3 is 5.97 Å². The third-order valence-electron chi connectivity index (χ3n) is 1.90. The van der Waals surface area contributed by atoms with Gasteiger partial charge in [-0.1, -0.05) is 0 Å². The summed E-state index contributed by atoms with van der Waals surface area (Å²) in [6, 6.07) is 2.02. The Kier molecular flexibility index (Phi) is 4.43. The van der Waals surface area contributed by atoms with E-state index in [2.05, 4.69) is 4.74 Å². The average molecular weight is 244 g/mol. The van der Waals surface area contributed by atoms with Crippen LogP contribution in [0, 0.1) is 11.6 Å². The van der Waals surface area contributed by atoms with Gasteiger partial charge in [0.25, 0.3) is 0 Å². The van der Waals surface area contributed by atoms with E-state index < -0.39 is 29.5 Å². The van der Waals surface area contributed by atoms with Gasteiger partial charge in [0, 0.05) is 0 Å². The van der Waals surface area contributed by atoms with Crippen molar-refractivity contribution in [2.45, 2.75) is 26.9 Å². The minimum Gasteiger partial charge on any atom is -0.485 e. The summed E-state index contributed by atoms with van der Waals surface area (Å²) in [5.74, 6) is -3.26. The van der Waals surface area contributed by atoms with Gasteiger partial charge in [-0.3, -0.25) is 0 Å². The van der Waals surface area contributed by atoms with Crippen LogP contribution in [0.3, 0.4) is 0 Å². The number of benzene rings is 1. The average Bonchev–Trinajstić information content (AvgIpc) is 2.24. The van der Waals surface area contributed by atoms with Crippen LogP contribution in [0.2, 0.25) is 0 Å². The normalized spacial score (nSPS) is 10.5. The Balaban J connectivity index is 3.14. The van der Waals surface area contributed by atoms with Gasteiger partial charge in [0.1, 0.15) is 0 Å². The third kappa shape index (κ3) is 3.15. The largest absolute Gasteiger partial charge is 0.485 e. The molecule has 1 aromatic rings. The molecule has 0 amide bonds. The summed E-state index contributed by atoms with van der Waals surface area (Å²) in [7, 11) is 0. The van der Waals surface area contributed by atoms with Gasteiger partial charge in [0.2, 0.25) is 0 Å². The van der Waals surface area contributed by atoms with Crippen LogP contribution in [-0.4, -0.2) is 18.7 Å². The number of ether oxygens (including phenoxy) is 2. The number of carbonyl (C=O) groups is 1. The SMILES string of the molecule is CCOC(=O)c1ccc(F)c(OC(C)C)c1F. The summed E-state index contributed by atoms with van der Waals surface area (Å²) in [5, 5.41) is 0. The molecule has 0 aromatic heterocycles. The minimum absolute atomic E-state index is 0.121. The van der Waals surface area contributed by atoms with Crippen molar-refractivity contribution < 1.29 is 23.0 Å². The molecule has 0 aliphatic heterocycles. The molecule has 1 aromatic carbocycles. The number of esters is 1. The lowest BCUT2D eigenvalue weighted by Gasteiger charge is -2.13. The first-order valence-corrected chi connectivity index (χ1v) is 5.29. The topological polar surface area (TPSA) is 35.5 Å². The molecule has 3 nitrogen and oxygen atoms in total. The molecule has 0 saturated carbocycles. The second kappa shape index (κ2) is 5.61. The van der Waals surface area contributed by atoms with Crippen molar-refractivity contribution in [1.82, 2.24) is 0 Å². The Labute approximate surface area is 98.3 Å². The highest BCUT2D eigenvalue weighted by Gasteiger charge is 2.21. The van der Waals surface area contributed by atoms with E-state index in [1.807, 2.05) is 0 Å². The second-order valence-corrected chi connectivity index (χ2v) is 3.63. The lowest BCUT2D eigenvalue weighted by Crippen LogP contribution is -2.13. The van der Waals surface area contributed by atoms with E-state index in [9.17, 15) is 13.6 Å². The van der Waals surface area contributed by atoms with Gasteiger partial charge in [-0.2, -0.15) is 0 Å². The summed E-state index contributed by atoms with van der Waals surface area (Å²) >= 11 is 0. The molecule has 0 spiro atoms. The predicted molar refractivity (Wildman–Crippen MR) is 58.1 cm³/mol. The van der Waals surface area contributed by atoms with Gasteiger partial charge in [0.05, 0.1) is 18.3 Å². The Morgan fingerprint density at radius 1 is 1.35 bits per heavy atom. The molecule has 0 heterocycles. The van der Waals surface area contributed by atoms with E-state index in [1.165, 1.54) is 0 Å². The molecule has 0 aliphatic rings. The highest BCUT2D eigenvalue weighted by atomic mass is 19.1. The first-order valence-electron chi connectivity index (χ1n) is 5.29. The van der Waals surface area contributed by atoms with Crippen molar-refractivity contribution in [3.8, 4) is 5.75 Å². The molecule has 0 unspecified atom stereocenters. The van der Waals surface area contributed by atoms with Crippen LogP contribution in [-0.2, 0) is 4.74 Å². The summed E-state index contributed by atoms with van der Waals surface area (Å²) in [6.07, 6.45) is -0.392. The number of halogens is 2. The van der Waals surface area contributed by atoms with Crippen LogP contribution in [0.1, 0.15) is 31.1 Å². The Bertz CT molecular complexity index is 416. The van der Waals surface area contributed by atoms with Crippen molar-refractivity contribution in [2.75, 3.05) is 6.61 Å². The maximum atomic E-state index is 13.8. The number of hydrogen-bond donors (Lipinski definition) is 0. The quantitative estimate of drug-likeness (QED) is 0.764. The van der Waals surface area contributed by atoms with Crippen LogP contribution in [0.15, 0.2) is 12.1 Å². The molecular weight excluding hydrogens is 230 g/mol. The van der Waals surface area contributed by atoms with Crippen LogP contribution in [0.5, 0.6) is 5.75 Å². The van der Waals surface area contributed by atoms with Crippen LogP contribution in [0.25, 0.3) is 0 Å². The third-order valence-corrected chi connectivity index (χ3v) is 1.90. The minimum atomic E-state index is -1.03. The fourth-order valence-corrected chi connectivity index (χ4v) is 1.24. The first-order chi connectivity index (χ1) is 7.97. The summed E-state index contributed by atoms with van der Waals surface area (Å²) in [4.78, 5) is 11.4. The van der Waals surface area contributed by atoms with E-state index in [0.717, 1.165) is 12.1 Å². The van der Waals surface area contributed by atoms with Crippen LogP contribution in [0.4, 0.5) is 8.78 Å². The molecule has 17 heavy (non-hydrogen) atoms. The lowest BCUT2D eigenvalue weighted by molar-refractivity contribution is 0.0519. The van der Waals surface area contributed by atoms with Crippen molar-refractivity contribution in [3.05, 3.63) is 29.3 Å². The molecular formula is C12H14F2O3. The zero-order valence-electron chi connectivity index (χ0n) is 9.92. The Morgan fingerprint density at radius 2 is 2.00 bits per heavy atom. The fraction of sp³-hybridized carbons (Fsp3) is 0.417. The van der Waals surface area contributed by atoms with Crippen molar-refractivity contribution in [2.24, 2.45) is 0 Å². The summed E-state index contributed by atoms with van der Waals surface area (Å²) < 4.78 is 36.8. The van der Waals surface area contributed by atoms with Crippen molar-refractivity contribution in [3.63, 3.8) is 0 Å². The zero-order valence-corrected chi connectivity index (χ0v) is 9.92. The van der Waals surface area contributed by atoms with Gasteiger partial charge in [-0.25, -0.2) is 13.6 Å². The molecule has 0 atom stereocenters. The molecule has 0 N–H and O–H groups in total. The standard InChI is InChI=1S/C12H14F2O3/c1-4-16-12(15)8-5-6-9(13)11(10(8)14)17-7(2)3/h5-7H,4H2,1-3H3. The van der Waals surface area contributed by atoms with E-state index in [1.54, 1.807) is 20.8 Å². The van der Waals surface area contributed by atoms with Gasteiger partial charge in [-0.05, 0) is 32.9 Å². The fourth-order valence-electron chi connectivity index (χ4n) is 1.24. The first kappa shape index (κ1) is 13.4. The Hall–Kier alpha value is -1.65. The highest BCUT2D eigenvalue weighted by Crippen LogP contribution is 2.26. The van der Waals surface area contributed by atoms with E-state index in [0.29, 0.717) is 0 Å². The Morgan fingerprint density at radius 3 is 2.53 bits per heavy atom. The number of rotatable bonds is 4. The van der Waals surface area contributed by atoms with E-state index >= 15 is 0 Å². The second-order valence-electron chi connectivity index (χ2n) is 3.63. The monoisotopic (exact) mass is 244 g/mol. The smallest absolute Gasteiger partial charge is 0.341 e. The highest BCUT2D eigenvalue weighted by molar-refractivity contribution is 5.90. The van der Waals surface area contributed by atoms with Gasteiger partial charge in [0.15, 0.2) is 17.4 Å². The van der Waals surface area contributed by atoms with E-state index in [-0.39, 0.29) is 12.2 Å². The van der Waals surface area contributed by atoms with Crippen LogP contribution >= 0.6 is 0 Å². The molecule has 0 fully saturated rings.